The van der Waals surface area contributed by atoms with Gasteiger partial charge in [0.1, 0.15) is 0 Å². The van der Waals surface area contributed by atoms with Gasteiger partial charge < -0.3 is 14.5 Å². The molecular formula is C27H48F6N2O3. The highest BCUT2D eigenvalue weighted by atomic mass is 19.4. The van der Waals surface area contributed by atoms with Crippen molar-refractivity contribution >= 4 is 11.8 Å². The first-order chi connectivity index (χ1) is 17.2. The molecule has 0 saturated carbocycles. The van der Waals surface area contributed by atoms with Crippen LogP contribution in [0.25, 0.3) is 0 Å². The quantitative estimate of drug-likeness (QED) is 0.166. The minimum Gasteiger partial charge on any atom is -0.380 e. The van der Waals surface area contributed by atoms with Crippen LogP contribution in [0.4, 0.5) is 26.3 Å². The van der Waals surface area contributed by atoms with Gasteiger partial charge in [-0.2, -0.15) is 26.3 Å². The second-order valence-corrected chi connectivity index (χ2v) is 12.2. The summed E-state index contributed by atoms with van der Waals surface area (Å²) in [6, 6.07) is 0. The van der Waals surface area contributed by atoms with Gasteiger partial charge in [0.05, 0.1) is 26.1 Å². The Labute approximate surface area is 224 Å². The number of unbranched alkanes of at least 4 members (excludes halogenated alkanes) is 1. The van der Waals surface area contributed by atoms with Crippen LogP contribution in [0.2, 0.25) is 0 Å². The molecule has 38 heavy (non-hydrogen) atoms. The van der Waals surface area contributed by atoms with Crippen LogP contribution in [0, 0.1) is 16.7 Å². The smallest absolute Gasteiger partial charge is 0.380 e. The highest BCUT2D eigenvalue weighted by molar-refractivity contribution is 5.76. The lowest BCUT2D eigenvalue weighted by molar-refractivity contribution is -0.148. The number of alkyl halides is 6. The predicted octanol–water partition coefficient (Wildman–Crippen LogP) is 7.24. The van der Waals surface area contributed by atoms with Gasteiger partial charge in [-0.05, 0) is 18.8 Å². The van der Waals surface area contributed by atoms with Gasteiger partial charge in [0.25, 0.3) is 0 Å². The first kappa shape index (κ1) is 36.5. The number of carbonyl (C=O) groups is 2. The fourth-order valence-electron chi connectivity index (χ4n) is 3.89. The zero-order chi connectivity index (χ0) is 29.8. The van der Waals surface area contributed by atoms with Crippen molar-refractivity contribution in [3.05, 3.63) is 0 Å². The molecule has 0 aliphatic rings. The maximum atomic E-state index is 12.9. The van der Waals surface area contributed by atoms with E-state index in [0.717, 1.165) is 6.42 Å². The van der Waals surface area contributed by atoms with Gasteiger partial charge in [0, 0.05) is 49.9 Å². The summed E-state index contributed by atoms with van der Waals surface area (Å²) in [5.41, 5.74) is -1.32. The van der Waals surface area contributed by atoms with Gasteiger partial charge in [0.2, 0.25) is 11.8 Å². The summed E-state index contributed by atoms with van der Waals surface area (Å²) >= 11 is 0. The zero-order valence-electron chi connectivity index (χ0n) is 24.2. The molecule has 0 aromatic carbocycles. The van der Waals surface area contributed by atoms with Crippen molar-refractivity contribution in [2.24, 2.45) is 16.7 Å². The molecule has 0 radical (unpaired) electrons. The van der Waals surface area contributed by atoms with Crippen LogP contribution in [0.5, 0.6) is 0 Å². The molecule has 226 valence electrons. The third-order valence-corrected chi connectivity index (χ3v) is 5.94. The van der Waals surface area contributed by atoms with Crippen LogP contribution in [-0.2, 0) is 14.3 Å². The molecule has 2 amide bonds. The molecule has 0 atom stereocenters. The van der Waals surface area contributed by atoms with E-state index in [1.54, 1.807) is 27.7 Å². The van der Waals surface area contributed by atoms with E-state index in [1.807, 2.05) is 20.8 Å². The number of halogens is 6. The minimum atomic E-state index is -4.38. The number of amides is 2. The highest BCUT2D eigenvalue weighted by Gasteiger charge is 2.34. The molecule has 0 spiro atoms. The largest absolute Gasteiger partial charge is 0.390 e. The average Bonchev–Trinajstić information content (AvgIpc) is 2.74. The Balaban J connectivity index is 5.18. The summed E-state index contributed by atoms with van der Waals surface area (Å²) in [6.07, 6.45) is -8.68. The minimum absolute atomic E-state index is 0.0770. The third-order valence-electron chi connectivity index (χ3n) is 5.94. The Morgan fingerprint density at radius 3 is 1.47 bits per heavy atom. The lowest BCUT2D eigenvalue weighted by Crippen LogP contribution is -2.44. The molecule has 0 heterocycles. The van der Waals surface area contributed by atoms with Crippen molar-refractivity contribution in [3.63, 3.8) is 0 Å². The molecule has 0 aromatic rings. The summed E-state index contributed by atoms with van der Waals surface area (Å²) in [5, 5.41) is 0. The van der Waals surface area contributed by atoms with Crippen molar-refractivity contribution in [2.45, 2.75) is 106 Å². The number of carbonyl (C=O) groups excluding carboxylic acids is 2. The van der Waals surface area contributed by atoms with Crippen molar-refractivity contribution in [1.29, 1.82) is 0 Å². The van der Waals surface area contributed by atoms with Crippen LogP contribution in [0.1, 0.15) is 93.4 Å². The van der Waals surface area contributed by atoms with E-state index in [4.69, 9.17) is 4.74 Å². The Kier molecular flexibility index (Phi) is 15.3. The second-order valence-electron chi connectivity index (χ2n) is 12.2. The van der Waals surface area contributed by atoms with Gasteiger partial charge in [-0.25, -0.2) is 0 Å². The Bertz CT molecular complexity index is 706. The molecule has 5 nitrogen and oxygen atoms in total. The predicted molar refractivity (Wildman–Crippen MR) is 136 cm³/mol. The fourth-order valence-corrected chi connectivity index (χ4v) is 3.89. The van der Waals surface area contributed by atoms with Gasteiger partial charge in [-0.3, -0.25) is 9.59 Å². The topological polar surface area (TPSA) is 49.9 Å². The van der Waals surface area contributed by atoms with Crippen molar-refractivity contribution in [1.82, 2.24) is 9.80 Å². The molecule has 0 aliphatic carbocycles. The summed E-state index contributed by atoms with van der Waals surface area (Å²) in [5.74, 6) is -0.418. The number of ether oxygens (including phenoxy) is 1. The van der Waals surface area contributed by atoms with E-state index >= 15 is 0 Å². The van der Waals surface area contributed by atoms with Crippen LogP contribution >= 0.6 is 0 Å². The van der Waals surface area contributed by atoms with Gasteiger partial charge in [0.15, 0.2) is 0 Å². The molecule has 0 unspecified atom stereocenters. The number of rotatable bonds is 18. The molecule has 0 N–H and O–H groups in total. The summed E-state index contributed by atoms with van der Waals surface area (Å²) in [6.45, 7) is 12.5. The summed E-state index contributed by atoms with van der Waals surface area (Å²) in [4.78, 5) is 27.7. The van der Waals surface area contributed by atoms with E-state index < -0.39 is 49.1 Å². The molecule has 0 aromatic heterocycles. The summed E-state index contributed by atoms with van der Waals surface area (Å²) < 4.78 is 82.9. The van der Waals surface area contributed by atoms with E-state index in [2.05, 4.69) is 0 Å². The van der Waals surface area contributed by atoms with E-state index in [-0.39, 0.29) is 56.9 Å². The molecule has 11 heteroatoms. The monoisotopic (exact) mass is 562 g/mol. The number of hydrogen-bond acceptors (Lipinski definition) is 3. The lowest BCUT2D eigenvalue weighted by atomic mass is 9.91. The van der Waals surface area contributed by atoms with Crippen molar-refractivity contribution in [3.8, 4) is 0 Å². The number of nitrogens with zero attached hydrogens (tertiary/aromatic N) is 2. The fraction of sp³-hybridized carbons (Fsp3) is 0.926. The average molecular weight is 563 g/mol. The maximum absolute atomic E-state index is 12.9. The molecule has 0 aliphatic heterocycles. The first-order valence-corrected chi connectivity index (χ1v) is 13.4. The van der Waals surface area contributed by atoms with Crippen LogP contribution in [0.15, 0.2) is 0 Å². The van der Waals surface area contributed by atoms with Crippen molar-refractivity contribution < 1.29 is 40.7 Å². The van der Waals surface area contributed by atoms with E-state index in [0.29, 0.717) is 12.8 Å². The van der Waals surface area contributed by atoms with Gasteiger partial charge in [-0.15, -0.1) is 0 Å². The van der Waals surface area contributed by atoms with Crippen LogP contribution < -0.4 is 0 Å². The molecular weight excluding hydrogens is 514 g/mol. The van der Waals surface area contributed by atoms with Crippen molar-refractivity contribution in [2.75, 3.05) is 39.4 Å². The molecule has 0 rings (SSSR count). The second kappa shape index (κ2) is 15.9. The van der Waals surface area contributed by atoms with E-state index in [1.165, 1.54) is 9.80 Å². The normalized spacial score (nSPS) is 13.2. The van der Waals surface area contributed by atoms with Crippen LogP contribution in [-0.4, -0.2) is 73.4 Å². The maximum Gasteiger partial charge on any atom is 0.390 e. The molecule has 0 saturated heterocycles. The van der Waals surface area contributed by atoms with E-state index in [9.17, 15) is 35.9 Å². The standard InChI is InChI=1S/C27H48F6N2O3/c1-8-9-10-22(36)34(15-13-26(28,29)30)17-24(4,5)19-38-20-25(6,7)18-35(16-14-27(31,32)33)23(37)12-11-21(2)3/h21H,8-20H2,1-7H3. The first-order valence-electron chi connectivity index (χ1n) is 13.4. The Morgan fingerprint density at radius 2 is 1.13 bits per heavy atom. The SMILES string of the molecule is CCCCC(=O)N(CCC(F)(F)F)CC(C)(C)COCC(C)(C)CN(CCC(F)(F)F)C(=O)CCC(C)C. The summed E-state index contributed by atoms with van der Waals surface area (Å²) in [7, 11) is 0. The van der Waals surface area contributed by atoms with Gasteiger partial charge in [-0.1, -0.05) is 54.9 Å². The Morgan fingerprint density at radius 1 is 0.737 bits per heavy atom. The molecule has 0 bridgehead atoms. The Hall–Kier alpha value is -1.52. The third kappa shape index (κ3) is 18.7. The molecule has 0 fully saturated rings. The highest BCUT2D eigenvalue weighted by Crippen LogP contribution is 2.26. The zero-order valence-corrected chi connectivity index (χ0v) is 24.2. The van der Waals surface area contributed by atoms with Gasteiger partial charge >= 0.3 is 12.4 Å². The number of hydrogen-bond donors (Lipinski definition) is 0. The van der Waals surface area contributed by atoms with Crippen LogP contribution in [0.3, 0.4) is 0 Å². The lowest BCUT2D eigenvalue weighted by Gasteiger charge is -2.36.